The Morgan fingerprint density at radius 1 is 1.09 bits per heavy atom. The van der Waals surface area contributed by atoms with Crippen LogP contribution in [0, 0.1) is 11.6 Å². The molecule has 0 saturated heterocycles. The van der Waals surface area contributed by atoms with Gasteiger partial charge in [0.2, 0.25) is 15.8 Å². The van der Waals surface area contributed by atoms with E-state index in [1.54, 1.807) is 19.2 Å². The van der Waals surface area contributed by atoms with Gasteiger partial charge in [-0.2, -0.15) is 8.75 Å². The molecule has 0 saturated carbocycles. The topological polar surface area (TPSA) is 118 Å². The van der Waals surface area contributed by atoms with Crippen LogP contribution in [-0.2, 0) is 10.0 Å². The second-order valence-corrected chi connectivity index (χ2v) is 10.2. The van der Waals surface area contributed by atoms with E-state index in [9.17, 15) is 17.6 Å². The van der Waals surface area contributed by atoms with Crippen LogP contribution in [0.3, 0.4) is 0 Å². The van der Waals surface area contributed by atoms with Gasteiger partial charge in [-0.3, -0.25) is 9.52 Å². The van der Waals surface area contributed by atoms with Gasteiger partial charge in [-0.15, -0.1) is 0 Å². The average Bonchev–Trinajstić information content (AvgIpc) is 3.46. The lowest BCUT2D eigenvalue weighted by atomic mass is 9.99. The summed E-state index contributed by atoms with van der Waals surface area (Å²) in [6, 6.07) is 8.99. The fourth-order valence-corrected chi connectivity index (χ4v) is 5.42. The van der Waals surface area contributed by atoms with Crippen LogP contribution in [0.1, 0.15) is 29.3 Å². The van der Waals surface area contributed by atoms with E-state index in [0.717, 1.165) is 34.9 Å². The minimum absolute atomic E-state index is 0.00267. The van der Waals surface area contributed by atoms with E-state index in [-0.39, 0.29) is 11.3 Å². The normalized spacial score (nSPS) is 11.9. The highest BCUT2D eigenvalue weighted by atomic mass is 32.2. The molecule has 0 aliphatic carbocycles. The standard InChI is InChI=1S/C23H17F2N5O3S2/c1-2-7-35(32,33)30-18-6-4-16(24)20(21(18)25)22(31)15-11-27-23-14(15)8-13(10-26-23)12-3-5-17-19(9-12)29-34-28-17/h3-6,8-11,30H,2,7H2,1H3,(H,26,27). The molecule has 5 rings (SSSR count). The minimum atomic E-state index is -3.85. The molecule has 0 aliphatic heterocycles. The van der Waals surface area contributed by atoms with Crippen molar-refractivity contribution in [1.29, 1.82) is 0 Å². The zero-order chi connectivity index (χ0) is 24.7. The molecule has 0 amide bonds. The Kier molecular flexibility index (Phi) is 5.77. The number of rotatable bonds is 7. The van der Waals surface area contributed by atoms with E-state index in [1.165, 1.54) is 6.20 Å². The molecule has 0 spiro atoms. The van der Waals surface area contributed by atoms with Crippen molar-refractivity contribution in [2.24, 2.45) is 0 Å². The molecular weight excluding hydrogens is 496 g/mol. The molecule has 0 radical (unpaired) electrons. The van der Waals surface area contributed by atoms with Gasteiger partial charge in [0, 0.05) is 28.9 Å². The number of hydrogen-bond donors (Lipinski definition) is 2. The van der Waals surface area contributed by atoms with Crippen LogP contribution in [0.5, 0.6) is 0 Å². The lowest BCUT2D eigenvalue weighted by molar-refractivity contribution is 0.103. The largest absolute Gasteiger partial charge is 0.345 e. The van der Waals surface area contributed by atoms with Crippen molar-refractivity contribution < 1.29 is 22.0 Å². The summed E-state index contributed by atoms with van der Waals surface area (Å²) in [6.07, 6.45) is 3.24. The van der Waals surface area contributed by atoms with Crippen molar-refractivity contribution in [2.75, 3.05) is 10.5 Å². The van der Waals surface area contributed by atoms with Gasteiger partial charge in [0.15, 0.2) is 5.82 Å². The Morgan fingerprint density at radius 3 is 2.69 bits per heavy atom. The van der Waals surface area contributed by atoms with Crippen LogP contribution >= 0.6 is 11.7 Å². The quantitative estimate of drug-likeness (QED) is 0.299. The lowest BCUT2D eigenvalue weighted by Gasteiger charge is -2.11. The van der Waals surface area contributed by atoms with Gasteiger partial charge in [0.05, 0.1) is 28.7 Å². The number of aromatic nitrogens is 4. The summed E-state index contributed by atoms with van der Waals surface area (Å²) in [5.41, 5.74) is 1.92. The Labute approximate surface area is 202 Å². The van der Waals surface area contributed by atoms with Crippen LogP contribution in [0.4, 0.5) is 14.5 Å². The molecule has 35 heavy (non-hydrogen) atoms. The summed E-state index contributed by atoms with van der Waals surface area (Å²) in [6.45, 7) is 1.65. The van der Waals surface area contributed by atoms with Gasteiger partial charge in [0.25, 0.3) is 0 Å². The highest BCUT2D eigenvalue weighted by molar-refractivity contribution is 7.92. The first-order chi connectivity index (χ1) is 16.8. The molecule has 12 heteroatoms. The van der Waals surface area contributed by atoms with Gasteiger partial charge in [-0.1, -0.05) is 13.0 Å². The number of H-pyrrole nitrogens is 1. The Hall–Kier alpha value is -3.77. The fraction of sp³-hybridized carbons (Fsp3) is 0.130. The molecule has 3 heterocycles. The molecule has 2 aromatic carbocycles. The zero-order valence-corrected chi connectivity index (χ0v) is 19.8. The number of aromatic amines is 1. The number of halogens is 2. The van der Waals surface area contributed by atoms with E-state index in [0.29, 0.717) is 28.5 Å². The van der Waals surface area contributed by atoms with Crippen molar-refractivity contribution in [2.45, 2.75) is 13.3 Å². The number of anilines is 1. The molecule has 0 unspecified atom stereocenters. The van der Waals surface area contributed by atoms with Crippen LogP contribution in [0.15, 0.2) is 48.8 Å². The second kappa shape index (κ2) is 8.78. The number of nitrogens with one attached hydrogen (secondary N) is 2. The van der Waals surface area contributed by atoms with E-state index >= 15 is 4.39 Å². The molecule has 0 aliphatic rings. The third-order valence-electron chi connectivity index (χ3n) is 5.42. The first-order valence-corrected chi connectivity index (χ1v) is 12.9. The summed E-state index contributed by atoms with van der Waals surface area (Å²) in [5.74, 6) is -3.58. The van der Waals surface area contributed by atoms with E-state index < -0.39 is 38.7 Å². The van der Waals surface area contributed by atoms with E-state index in [2.05, 4.69) is 23.4 Å². The SMILES string of the molecule is CCCS(=O)(=O)Nc1ccc(F)c(C(=O)c2c[nH]c3ncc(-c4ccc5nsnc5c4)cc23)c1F. The molecule has 3 aromatic heterocycles. The summed E-state index contributed by atoms with van der Waals surface area (Å²) < 4.78 is 64.5. The molecule has 0 fully saturated rings. The van der Waals surface area contributed by atoms with Crippen molar-refractivity contribution in [3.05, 3.63) is 71.6 Å². The first-order valence-electron chi connectivity index (χ1n) is 10.5. The smallest absolute Gasteiger partial charge is 0.232 e. The number of ketones is 1. The Bertz CT molecular complexity index is 1710. The van der Waals surface area contributed by atoms with Crippen molar-refractivity contribution in [3.8, 4) is 11.1 Å². The summed E-state index contributed by atoms with van der Waals surface area (Å²) in [7, 11) is -3.85. The predicted octanol–water partition coefficient (Wildman–Crippen LogP) is 4.90. The number of nitrogens with zero attached hydrogens (tertiary/aromatic N) is 3. The van der Waals surface area contributed by atoms with Crippen LogP contribution in [-0.4, -0.2) is 38.7 Å². The maximum Gasteiger partial charge on any atom is 0.232 e. The van der Waals surface area contributed by atoms with Crippen molar-refractivity contribution >= 4 is 55.3 Å². The molecule has 0 atom stereocenters. The van der Waals surface area contributed by atoms with Crippen molar-refractivity contribution in [3.63, 3.8) is 0 Å². The highest BCUT2D eigenvalue weighted by Gasteiger charge is 2.26. The number of sulfonamides is 1. The van der Waals surface area contributed by atoms with Crippen LogP contribution < -0.4 is 4.72 Å². The average molecular weight is 514 g/mol. The van der Waals surface area contributed by atoms with Crippen molar-refractivity contribution in [1.82, 2.24) is 18.7 Å². The lowest BCUT2D eigenvalue weighted by Crippen LogP contribution is -2.18. The summed E-state index contributed by atoms with van der Waals surface area (Å²) >= 11 is 1.10. The number of carbonyl (C=O) groups is 1. The highest BCUT2D eigenvalue weighted by Crippen LogP contribution is 2.30. The predicted molar refractivity (Wildman–Crippen MR) is 130 cm³/mol. The first kappa shape index (κ1) is 23.0. The van der Waals surface area contributed by atoms with Gasteiger partial charge in [0.1, 0.15) is 22.5 Å². The van der Waals surface area contributed by atoms with Crippen LogP contribution in [0.2, 0.25) is 0 Å². The number of carbonyl (C=O) groups excluding carboxylic acids is 1. The number of fused-ring (bicyclic) bond motifs is 2. The number of benzene rings is 2. The van der Waals surface area contributed by atoms with E-state index in [4.69, 9.17) is 0 Å². The van der Waals surface area contributed by atoms with Gasteiger partial charge < -0.3 is 4.98 Å². The third kappa shape index (κ3) is 4.26. The number of pyridine rings is 1. The third-order valence-corrected chi connectivity index (χ3v) is 7.45. The second-order valence-electron chi connectivity index (χ2n) is 7.82. The maximum absolute atomic E-state index is 15.2. The Balaban J connectivity index is 1.57. The van der Waals surface area contributed by atoms with Gasteiger partial charge in [-0.05, 0) is 42.3 Å². The molecule has 178 valence electrons. The van der Waals surface area contributed by atoms with E-state index in [1.807, 2.05) is 18.2 Å². The Morgan fingerprint density at radius 2 is 1.89 bits per heavy atom. The monoisotopic (exact) mass is 513 g/mol. The molecular formula is C23H17F2N5O3S2. The summed E-state index contributed by atoms with van der Waals surface area (Å²) in [5, 5.41) is 0.361. The van der Waals surface area contributed by atoms with Gasteiger partial charge in [-0.25, -0.2) is 22.2 Å². The van der Waals surface area contributed by atoms with Crippen LogP contribution in [0.25, 0.3) is 33.2 Å². The minimum Gasteiger partial charge on any atom is -0.345 e. The summed E-state index contributed by atoms with van der Waals surface area (Å²) in [4.78, 5) is 20.4. The van der Waals surface area contributed by atoms with Gasteiger partial charge >= 0.3 is 0 Å². The molecule has 2 N–H and O–H groups in total. The molecule has 8 nitrogen and oxygen atoms in total. The molecule has 5 aromatic rings. The maximum atomic E-state index is 15.2. The molecule has 0 bridgehead atoms. The fourth-order valence-electron chi connectivity index (χ4n) is 3.77. The zero-order valence-electron chi connectivity index (χ0n) is 18.2. The number of hydrogen-bond acceptors (Lipinski definition) is 7.